The molecule has 14 heteroatoms. The molecule has 9 nitrogen and oxygen atoms in total. The van der Waals surface area contributed by atoms with Crippen molar-refractivity contribution >= 4 is 33.5 Å². The van der Waals surface area contributed by atoms with Crippen molar-refractivity contribution in [3.8, 4) is 5.75 Å². The van der Waals surface area contributed by atoms with Crippen LogP contribution in [0.15, 0.2) is 47.4 Å². The van der Waals surface area contributed by atoms with Crippen LogP contribution in [0.5, 0.6) is 5.75 Å². The summed E-state index contributed by atoms with van der Waals surface area (Å²) in [6.07, 6.45) is -7.44. The van der Waals surface area contributed by atoms with E-state index in [2.05, 4.69) is 10.1 Å². The first-order valence-electron chi connectivity index (χ1n) is 10.5. The van der Waals surface area contributed by atoms with Crippen molar-refractivity contribution < 1.29 is 50.1 Å². The SMILES string of the molecule is CC(C)(OC(=O)Nc1ccc2c(c1)N(S(=O)(=O)c1ccc(F)cc1)CC(CCC(=O)O)O2)C(F)(F)F. The number of sulfonamides is 1. The Morgan fingerprint density at radius 2 is 1.81 bits per heavy atom. The van der Waals surface area contributed by atoms with E-state index in [-0.39, 0.29) is 41.4 Å². The average molecular weight is 534 g/mol. The number of anilines is 2. The number of amides is 1. The fourth-order valence-electron chi connectivity index (χ4n) is 3.22. The number of ether oxygens (including phenoxy) is 2. The maximum atomic E-state index is 13.4. The van der Waals surface area contributed by atoms with Gasteiger partial charge in [-0.15, -0.1) is 0 Å². The summed E-state index contributed by atoms with van der Waals surface area (Å²) in [6, 6.07) is 7.68. The van der Waals surface area contributed by atoms with Crippen LogP contribution >= 0.6 is 0 Å². The molecule has 1 atom stereocenters. The van der Waals surface area contributed by atoms with E-state index >= 15 is 0 Å². The summed E-state index contributed by atoms with van der Waals surface area (Å²) in [5.74, 6) is -1.75. The highest BCUT2D eigenvalue weighted by Crippen LogP contribution is 2.40. The van der Waals surface area contributed by atoms with Crippen LogP contribution in [0.25, 0.3) is 0 Å². The third kappa shape index (κ3) is 5.98. The molecule has 1 unspecified atom stereocenters. The number of hydrogen-bond donors (Lipinski definition) is 2. The molecule has 0 fully saturated rings. The van der Waals surface area contributed by atoms with Crippen molar-refractivity contribution in [3.05, 3.63) is 48.3 Å². The molecule has 1 aliphatic rings. The highest BCUT2D eigenvalue weighted by atomic mass is 32.2. The average Bonchev–Trinajstić information content (AvgIpc) is 2.76. The van der Waals surface area contributed by atoms with E-state index in [1.807, 2.05) is 0 Å². The highest BCUT2D eigenvalue weighted by Gasteiger charge is 2.51. The lowest BCUT2D eigenvalue weighted by Crippen LogP contribution is -2.44. The van der Waals surface area contributed by atoms with Crippen molar-refractivity contribution in [2.24, 2.45) is 0 Å². The number of carbonyl (C=O) groups is 2. The Balaban J connectivity index is 1.95. The van der Waals surface area contributed by atoms with E-state index in [1.165, 1.54) is 12.1 Å². The molecule has 3 rings (SSSR count). The summed E-state index contributed by atoms with van der Waals surface area (Å²) < 4.78 is 90.3. The number of hydrogen-bond acceptors (Lipinski definition) is 6. The van der Waals surface area contributed by atoms with E-state index in [0.29, 0.717) is 13.8 Å². The number of carbonyl (C=O) groups excluding carboxylic acids is 1. The minimum Gasteiger partial charge on any atom is -0.486 e. The van der Waals surface area contributed by atoms with Crippen LogP contribution in [0.1, 0.15) is 26.7 Å². The molecule has 0 spiro atoms. The van der Waals surface area contributed by atoms with Gasteiger partial charge in [-0.2, -0.15) is 13.2 Å². The second kappa shape index (κ2) is 9.84. The number of aliphatic carboxylic acids is 1. The molecular weight excluding hydrogens is 512 g/mol. The normalized spacial score (nSPS) is 16.1. The lowest BCUT2D eigenvalue weighted by atomic mass is 10.1. The summed E-state index contributed by atoms with van der Waals surface area (Å²) in [5, 5.41) is 11.1. The summed E-state index contributed by atoms with van der Waals surface area (Å²) >= 11 is 0. The number of carboxylic acids is 1. The molecule has 2 N–H and O–H groups in total. The minimum atomic E-state index is -4.83. The van der Waals surface area contributed by atoms with Gasteiger partial charge in [-0.1, -0.05) is 0 Å². The number of carboxylic acid groups (broad SMARTS) is 1. The first kappa shape index (κ1) is 27.0. The number of nitrogens with zero attached hydrogens (tertiary/aromatic N) is 1. The molecule has 196 valence electrons. The monoisotopic (exact) mass is 534 g/mol. The van der Waals surface area contributed by atoms with Crippen LogP contribution in [-0.2, 0) is 19.6 Å². The van der Waals surface area contributed by atoms with Crippen LogP contribution < -0.4 is 14.4 Å². The van der Waals surface area contributed by atoms with Crippen molar-refractivity contribution in [1.29, 1.82) is 0 Å². The van der Waals surface area contributed by atoms with Gasteiger partial charge in [0.2, 0.25) is 5.60 Å². The highest BCUT2D eigenvalue weighted by molar-refractivity contribution is 7.92. The fraction of sp³-hybridized carbons (Fsp3) is 0.364. The molecule has 1 amide bonds. The lowest BCUT2D eigenvalue weighted by molar-refractivity contribution is -0.242. The molecule has 2 aromatic rings. The number of rotatable bonds is 7. The zero-order valence-electron chi connectivity index (χ0n) is 19.0. The maximum Gasteiger partial charge on any atom is 0.427 e. The molecule has 0 saturated carbocycles. The van der Waals surface area contributed by atoms with Gasteiger partial charge in [0.25, 0.3) is 10.0 Å². The number of halogens is 4. The Bertz CT molecular complexity index is 1250. The van der Waals surface area contributed by atoms with E-state index in [0.717, 1.165) is 34.6 Å². The van der Waals surface area contributed by atoms with Crippen LogP contribution in [-0.4, -0.2) is 50.0 Å². The Kier molecular flexibility index (Phi) is 7.39. The largest absolute Gasteiger partial charge is 0.486 e. The molecule has 2 aromatic carbocycles. The van der Waals surface area contributed by atoms with Gasteiger partial charge in [-0.25, -0.2) is 17.6 Å². The third-order valence-electron chi connectivity index (χ3n) is 5.25. The Hall–Kier alpha value is -3.55. The molecule has 0 radical (unpaired) electrons. The molecule has 0 aromatic heterocycles. The molecule has 1 aliphatic heterocycles. The predicted molar refractivity (Wildman–Crippen MR) is 119 cm³/mol. The molecular formula is C22H22F4N2O7S. The maximum absolute atomic E-state index is 13.4. The van der Waals surface area contributed by atoms with Crippen LogP contribution in [0.3, 0.4) is 0 Å². The minimum absolute atomic E-state index is 0.0247. The van der Waals surface area contributed by atoms with Gasteiger partial charge in [0.1, 0.15) is 17.7 Å². The van der Waals surface area contributed by atoms with Gasteiger partial charge in [-0.05, 0) is 62.7 Å². The zero-order valence-corrected chi connectivity index (χ0v) is 19.8. The lowest BCUT2D eigenvalue weighted by Gasteiger charge is -2.35. The van der Waals surface area contributed by atoms with Crippen LogP contribution in [0.2, 0.25) is 0 Å². The second-order valence-electron chi connectivity index (χ2n) is 8.37. The Labute approximate surface area is 203 Å². The second-order valence-corrected chi connectivity index (χ2v) is 10.2. The van der Waals surface area contributed by atoms with Crippen LogP contribution in [0.4, 0.5) is 33.7 Å². The molecule has 36 heavy (non-hydrogen) atoms. The van der Waals surface area contributed by atoms with Gasteiger partial charge in [0.05, 0.1) is 17.1 Å². The van der Waals surface area contributed by atoms with E-state index in [1.54, 1.807) is 0 Å². The standard InChI is InChI=1S/C22H22F4N2O7S/c1-21(2,22(24,25)26)35-20(31)27-14-5-9-18-17(11-14)28(12-15(34-18)6-10-19(29)30)36(32,33)16-7-3-13(23)4-8-16/h3-5,7-9,11,15H,6,10,12H2,1-2H3,(H,27,31)(H,29,30). The smallest absolute Gasteiger partial charge is 0.427 e. The van der Waals surface area contributed by atoms with Crippen molar-refractivity contribution in [2.75, 3.05) is 16.2 Å². The predicted octanol–water partition coefficient (Wildman–Crippen LogP) is 4.54. The molecule has 0 aliphatic carbocycles. The number of nitrogens with one attached hydrogen (secondary N) is 1. The zero-order chi connectivity index (χ0) is 26.9. The fourth-order valence-corrected chi connectivity index (χ4v) is 4.72. The summed E-state index contributed by atoms with van der Waals surface area (Å²) in [5.41, 5.74) is -2.95. The number of alkyl halides is 3. The van der Waals surface area contributed by atoms with E-state index < -0.39 is 45.8 Å². The molecule has 0 bridgehead atoms. The van der Waals surface area contributed by atoms with Crippen molar-refractivity contribution in [3.63, 3.8) is 0 Å². The van der Waals surface area contributed by atoms with Gasteiger partial charge >= 0.3 is 18.2 Å². The van der Waals surface area contributed by atoms with Crippen molar-refractivity contribution in [1.82, 2.24) is 0 Å². The molecule has 0 saturated heterocycles. The topological polar surface area (TPSA) is 122 Å². The van der Waals surface area contributed by atoms with Gasteiger partial charge in [0.15, 0.2) is 0 Å². The van der Waals surface area contributed by atoms with E-state index in [9.17, 15) is 35.6 Å². The Morgan fingerprint density at radius 1 is 1.17 bits per heavy atom. The Morgan fingerprint density at radius 3 is 2.39 bits per heavy atom. The van der Waals surface area contributed by atoms with Gasteiger partial charge in [-0.3, -0.25) is 14.4 Å². The molecule has 1 heterocycles. The summed E-state index contributed by atoms with van der Waals surface area (Å²) in [6.45, 7) is 1.03. The van der Waals surface area contributed by atoms with Gasteiger partial charge < -0.3 is 14.6 Å². The summed E-state index contributed by atoms with van der Waals surface area (Å²) in [4.78, 5) is 22.8. The number of fused-ring (bicyclic) bond motifs is 1. The first-order valence-corrected chi connectivity index (χ1v) is 11.9. The van der Waals surface area contributed by atoms with Gasteiger partial charge in [0, 0.05) is 12.1 Å². The van der Waals surface area contributed by atoms with E-state index in [4.69, 9.17) is 9.84 Å². The van der Waals surface area contributed by atoms with Crippen molar-refractivity contribution in [2.45, 2.75) is 49.5 Å². The number of benzene rings is 2. The van der Waals surface area contributed by atoms with Crippen LogP contribution in [0, 0.1) is 5.82 Å². The first-order chi connectivity index (χ1) is 16.6. The third-order valence-corrected chi connectivity index (χ3v) is 7.04. The summed E-state index contributed by atoms with van der Waals surface area (Å²) in [7, 11) is -4.31. The quantitative estimate of drug-likeness (QED) is 0.501.